The summed E-state index contributed by atoms with van der Waals surface area (Å²) >= 11 is 0. The first-order valence-corrected chi connectivity index (χ1v) is 4.46. The lowest BCUT2D eigenvalue weighted by molar-refractivity contribution is -0.137. The highest BCUT2D eigenvalue weighted by molar-refractivity contribution is 5.68. The molecule has 0 spiro atoms. The van der Waals surface area contributed by atoms with Gasteiger partial charge in [0.05, 0.1) is 12.0 Å². The first kappa shape index (κ1) is 11.0. The normalized spacial score (nSPS) is 11.5. The Bertz CT molecular complexity index is 381. The van der Waals surface area contributed by atoms with Crippen molar-refractivity contribution >= 4 is 11.8 Å². The van der Waals surface area contributed by atoms with Gasteiger partial charge >= 0.3 is 5.97 Å². The van der Waals surface area contributed by atoms with Crippen molar-refractivity contribution in [1.82, 2.24) is 4.98 Å². The van der Waals surface area contributed by atoms with Gasteiger partial charge < -0.3 is 10.4 Å². The second-order valence-corrected chi connectivity index (χ2v) is 3.19. The van der Waals surface area contributed by atoms with Crippen LogP contribution in [0.2, 0.25) is 0 Å². The van der Waals surface area contributed by atoms with Gasteiger partial charge in [0, 0.05) is 12.2 Å². The third-order valence-electron chi connectivity index (χ3n) is 1.77. The molecule has 0 aliphatic rings. The molecular weight excluding hydrogens is 194 g/mol. The minimum atomic E-state index is -0.858. The number of nitrogens with one attached hydrogen (secondary N) is 1. The lowest BCUT2D eigenvalue weighted by atomic mass is 10.2. The summed E-state index contributed by atoms with van der Waals surface area (Å²) < 4.78 is 0. The molecule has 5 nitrogen and oxygen atoms in total. The SMILES string of the molecule is CC(CC(=O)O)Nc1ccc(C#N)cn1. The van der Waals surface area contributed by atoms with Crippen molar-refractivity contribution in [2.45, 2.75) is 19.4 Å². The van der Waals surface area contributed by atoms with E-state index in [1.54, 1.807) is 19.1 Å². The number of nitrogens with zero attached hydrogens (tertiary/aromatic N) is 2. The fourth-order valence-corrected chi connectivity index (χ4v) is 1.11. The Morgan fingerprint density at radius 2 is 2.47 bits per heavy atom. The van der Waals surface area contributed by atoms with E-state index < -0.39 is 5.97 Å². The number of hydrogen-bond donors (Lipinski definition) is 2. The Labute approximate surface area is 87.4 Å². The van der Waals surface area contributed by atoms with Gasteiger partial charge in [0.15, 0.2) is 0 Å². The van der Waals surface area contributed by atoms with E-state index in [1.165, 1.54) is 6.20 Å². The first-order valence-electron chi connectivity index (χ1n) is 4.46. The van der Waals surface area contributed by atoms with Crippen molar-refractivity contribution in [2.75, 3.05) is 5.32 Å². The van der Waals surface area contributed by atoms with Crippen LogP contribution in [0.25, 0.3) is 0 Å². The van der Waals surface area contributed by atoms with Gasteiger partial charge in [0.1, 0.15) is 11.9 Å². The van der Waals surface area contributed by atoms with Crippen LogP contribution in [0, 0.1) is 11.3 Å². The molecule has 15 heavy (non-hydrogen) atoms. The second kappa shape index (κ2) is 4.96. The second-order valence-electron chi connectivity index (χ2n) is 3.19. The van der Waals surface area contributed by atoms with E-state index in [2.05, 4.69) is 10.3 Å². The summed E-state index contributed by atoms with van der Waals surface area (Å²) in [6.07, 6.45) is 1.47. The molecule has 0 aromatic carbocycles. The summed E-state index contributed by atoms with van der Waals surface area (Å²) in [5.41, 5.74) is 0.478. The Hall–Kier alpha value is -2.09. The van der Waals surface area contributed by atoms with Crippen LogP contribution in [-0.2, 0) is 4.79 Å². The van der Waals surface area contributed by atoms with Crippen LogP contribution in [0.1, 0.15) is 18.9 Å². The highest BCUT2D eigenvalue weighted by Crippen LogP contribution is 2.07. The molecule has 0 amide bonds. The quantitative estimate of drug-likeness (QED) is 0.772. The monoisotopic (exact) mass is 205 g/mol. The van der Waals surface area contributed by atoms with Crippen LogP contribution in [0.3, 0.4) is 0 Å². The molecule has 0 bridgehead atoms. The van der Waals surface area contributed by atoms with Crippen molar-refractivity contribution in [3.63, 3.8) is 0 Å². The molecular formula is C10H11N3O2. The molecule has 0 fully saturated rings. The van der Waals surface area contributed by atoms with E-state index in [1.807, 2.05) is 6.07 Å². The Balaban J connectivity index is 2.58. The van der Waals surface area contributed by atoms with Crippen molar-refractivity contribution in [2.24, 2.45) is 0 Å². The molecule has 1 heterocycles. The molecule has 1 aromatic rings. The lowest BCUT2D eigenvalue weighted by Crippen LogP contribution is -2.19. The Morgan fingerprint density at radius 1 is 1.73 bits per heavy atom. The largest absolute Gasteiger partial charge is 0.481 e. The maximum atomic E-state index is 10.4. The fraction of sp³-hybridized carbons (Fsp3) is 0.300. The topological polar surface area (TPSA) is 86.0 Å². The minimum absolute atomic E-state index is 0.0294. The maximum Gasteiger partial charge on any atom is 0.305 e. The number of anilines is 1. The number of hydrogen-bond acceptors (Lipinski definition) is 4. The number of pyridine rings is 1. The molecule has 1 rings (SSSR count). The number of carbonyl (C=O) groups is 1. The van der Waals surface area contributed by atoms with Crippen LogP contribution in [0.15, 0.2) is 18.3 Å². The minimum Gasteiger partial charge on any atom is -0.481 e. The highest BCUT2D eigenvalue weighted by atomic mass is 16.4. The maximum absolute atomic E-state index is 10.4. The number of rotatable bonds is 4. The van der Waals surface area contributed by atoms with Gasteiger partial charge in [-0.15, -0.1) is 0 Å². The smallest absolute Gasteiger partial charge is 0.305 e. The van der Waals surface area contributed by atoms with Gasteiger partial charge in [-0.2, -0.15) is 5.26 Å². The number of aromatic nitrogens is 1. The van der Waals surface area contributed by atoms with Gasteiger partial charge in [0.2, 0.25) is 0 Å². The van der Waals surface area contributed by atoms with E-state index in [-0.39, 0.29) is 12.5 Å². The fourth-order valence-electron chi connectivity index (χ4n) is 1.11. The summed E-state index contributed by atoms with van der Waals surface area (Å²) in [6, 6.07) is 5.04. The molecule has 0 aliphatic carbocycles. The van der Waals surface area contributed by atoms with E-state index in [9.17, 15) is 4.79 Å². The summed E-state index contributed by atoms with van der Waals surface area (Å²) in [6.45, 7) is 1.76. The molecule has 0 saturated carbocycles. The Kier molecular flexibility index (Phi) is 3.63. The summed E-state index contributed by atoms with van der Waals surface area (Å²) in [5, 5.41) is 20.0. The van der Waals surface area contributed by atoms with Crippen LogP contribution in [0.4, 0.5) is 5.82 Å². The van der Waals surface area contributed by atoms with Crippen LogP contribution in [-0.4, -0.2) is 22.1 Å². The number of nitriles is 1. The molecule has 0 saturated heterocycles. The molecule has 1 aromatic heterocycles. The highest BCUT2D eigenvalue weighted by Gasteiger charge is 2.07. The number of carboxylic acids is 1. The average Bonchev–Trinajstić information content (AvgIpc) is 2.17. The van der Waals surface area contributed by atoms with Crippen molar-refractivity contribution in [3.05, 3.63) is 23.9 Å². The third-order valence-corrected chi connectivity index (χ3v) is 1.77. The first-order chi connectivity index (χ1) is 7.11. The molecule has 78 valence electrons. The summed E-state index contributed by atoms with van der Waals surface area (Å²) in [4.78, 5) is 14.4. The molecule has 0 aliphatic heterocycles. The zero-order valence-electron chi connectivity index (χ0n) is 8.27. The van der Waals surface area contributed by atoms with Gasteiger partial charge in [-0.25, -0.2) is 4.98 Å². The van der Waals surface area contributed by atoms with Crippen LogP contribution >= 0.6 is 0 Å². The molecule has 2 N–H and O–H groups in total. The van der Waals surface area contributed by atoms with E-state index in [4.69, 9.17) is 10.4 Å². The van der Waals surface area contributed by atoms with E-state index in [0.717, 1.165) is 0 Å². The summed E-state index contributed by atoms with van der Waals surface area (Å²) in [5.74, 6) is -0.286. The van der Waals surface area contributed by atoms with E-state index in [0.29, 0.717) is 11.4 Å². The number of carboxylic acid groups (broad SMARTS) is 1. The summed E-state index contributed by atoms with van der Waals surface area (Å²) in [7, 11) is 0. The zero-order valence-corrected chi connectivity index (χ0v) is 8.27. The number of aliphatic carboxylic acids is 1. The molecule has 1 unspecified atom stereocenters. The standard InChI is InChI=1S/C10H11N3O2/c1-7(4-10(14)15)13-9-3-2-8(5-11)6-12-9/h2-3,6-7H,4H2,1H3,(H,12,13)(H,14,15). The van der Waals surface area contributed by atoms with Gasteiger partial charge in [-0.05, 0) is 19.1 Å². The molecule has 5 heteroatoms. The van der Waals surface area contributed by atoms with Crippen molar-refractivity contribution in [3.8, 4) is 6.07 Å². The van der Waals surface area contributed by atoms with Crippen LogP contribution in [0.5, 0.6) is 0 Å². The van der Waals surface area contributed by atoms with Gasteiger partial charge in [-0.3, -0.25) is 4.79 Å². The zero-order chi connectivity index (χ0) is 11.3. The average molecular weight is 205 g/mol. The van der Waals surface area contributed by atoms with Crippen LogP contribution < -0.4 is 5.32 Å². The van der Waals surface area contributed by atoms with Gasteiger partial charge in [-0.1, -0.05) is 0 Å². The van der Waals surface area contributed by atoms with Gasteiger partial charge in [0.25, 0.3) is 0 Å². The predicted molar refractivity (Wildman–Crippen MR) is 54.3 cm³/mol. The molecule has 0 radical (unpaired) electrons. The predicted octanol–water partition coefficient (Wildman–Crippen LogP) is 1.23. The van der Waals surface area contributed by atoms with E-state index >= 15 is 0 Å². The Morgan fingerprint density at radius 3 is 2.93 bits per heavy atom. The molecule has 1 atom stereocenters. The lowest BCUT2D eigenvalue weighted by Gasteiger charge is -2.11. The van der Waals surface area contributed by atoms with Crippen molar-refractivity contribution in [1.29, 1.82) is 5.26 Å². The van der Waals surface area contributed by atoms with Crippen molar-refractivity contribution < 1.29 is 9.90 Å². The third kappa shape index (κ3) is 3.65.